The van der Waals surface area contributed by atoms with Crippen molar-refractivity contribution in [2.24, 2.45) is 5.92 Å². The summed E-state index contributed by atoms with van der Waals surface area (Å²) in [5.74, 6) is 0.164. The molecule has 6 heteroatoms. The van der Waals surface area contributed by atoms with Crippen molar-refractivity contribution in [1.82, 2.24) is 15.1 Å². The SMILES string of the molecule is Cc1cc(CC2CN(C(=O)Cc3cccs3)CC2O)n[nH]1. The lowest BCUT2D eigenvalue weighted by atomic mass is 10.0. The molecule has 0 aliphatic carbocycles. The zero-order valence-corrected chi connectivity index (χ0v) is 12.8. The van der Waals surface area contributed by atoms with Gasteiger partial charge in [-0.3, -0.25) is 9.89 Å². The first-order chi connectivity index (χ1) is 10.1. The summed E-state index contributed by atoms with van der Waals surface area (Å²) >= 11 is 1.59. The molecule has 0 saturated carbocycles. The molecule has 1 aliphatic rings. The molecule has 1 saturated heterocycles. The van der Waals surface area contributed by atoms with Gasteiger partial charge in [-0.25, -0.2) is 0 Å². The number of hydrogen-bond donors (Lipinski definition) is 2. The lowest BCUT2D eigenvalue weighted by Crippen LogP contribution is -2.30. The highest BCUT2D eigenvalue weighted by molar-refractivity contribution is 7.10. The van der Waals surface area contributed by atoms with E-state index in [1.54, 1.807) is 16.2 Å². The van der Waals surface area contributed by atoms with E-state index >= 15 is 0 Å². The molecule has 1 fully saturated rings. The molecule has 3 rings (SSSR count). The number of aromatic nitrogens is 2. The van der Waals surface area contributed by atoms with Gasteiger partial charge in [0.05, 0.1) is 18.2 Å². The highest BCUT2D eigenvalue weighted by Crippen LogP contribution is 2.22. The first-order valence-corrected chi connectivity index (χ1v) is 7.99. The molecule has 0 aromatic carbocycles. The summed E-state index contributed by atoms with van der Waals surface area (Å²) < 4.78 is 0. The Labute approximate surface area is 127 Å². The van der Waals surface area contributed by atoms with E-state index in [-0.39, 0.29) is 11.8 Å². The highest BCUT2D eigenvalue weighted by Gasteiger charge is 2.34. The standard InChI is InChI=1S/C15H19N3O2S/c1-10-5-12(17-16-10)6-11-8-18(9-14(11)19)15(20)7-13-3-2-4-21-13/h2-5,11,14,19H,6-9H2,1H3,(H,16,17). The lowest BCUT2D eigenvalue weighted by Gasteiger charge is -2.15. The molecule has 0 radical (unpaired) electrons. The summed E-state index contributed by atoms with van der Waals surface area (Å²) in [6.45, 7) is 2.99. The minimum absolute atomic E-state index is 0.0694. The molecular formula is C15H19N3O2S. The van der Waals surface area contributed by atoms with E-state index in [0.717, 1.165) is 16.3 Å². The molecule has 2 unspecified atom stereocenters. The summed E-state index contributed by atoms with van der Waals surface area (Å²) in [4.78, 5) is 15.1. The Morgan fingerprint density at radius 2 is 2.43 bits per heavy atom. The average molecular weight is 305 g/mol. The monoisotopic (exact) mass is 305 g/mol. The zero-order valence-electron chi connectivity index (χ0n) is 12.0. The van der Waals surface area contributed by atoms with E-state index in [2.05, 4.69) is 10.2 Å². The molecule has 0 spiro atoms. The Kier molecular flexibility index (Phi) is 4.07. The number of β-amino-alcohol motifs (C(OH)–C–C–N with tert-alkyl or cyclic N) is 1. The molecular weight excluding hydrogens is 286 g/mol. The quantitative estimate of drug-likeness (QED) is 0.897. The Balaban J connectivity index is 1.58. The fourth-order valence-electron chi connectivity index (χ4n) is 2.78. The maximum Gasteiger partial charge on any atom is 0.227 e. The van der Waals surface area contributed by atoms with Crippen LogP contribution in [0.3, 0.4) is 0 Å². The van der Waals surface area contributed by atoms with Crippen LogP contribution in [-0.4, -0.2) is 45.3 Å². The fourth-order valence-corrected chi connectivity index (χ4v) is 3.48. The van der Waals surface area contributed by atoms with Gasteiger partial charge in [0.15, 0.2) is 0 Å². The third-order valence-corrected chi connectivity index (χ3v) is 4.77. The van der Waals surface area contributed by atoms with Crippen molar-refractivity contribution in [2.45, 2.75) is 25.9 Å². The molecule has 21 heavy (non-hydrogen) atoms. The highest BCUT2D eigenvalue weighted by atomic mass is 32.1. The second-order valence-electron chi connectivity index (χ2n) is 5.63. The Hall–Kier alpha value is -1.66. The van der Waals surface area contributed by atoms with E-state index in [9.17, 15) is 9.90 Å². The van der Waals surface area contributed by atoms with Crippen molar-refractivity contribution in [3.63, 3.8) is 0 Å². The van der Waals surface area contributed by atoms with Gasteiger partial charge in [0.1, 0.15) is 0 Å². The third kappa shape index (κ3) is 3.33. The summed E-state index contributed by atoms with van der Waals surface area (Å²) in [5.41, 5.74) is 1.97. The third-order valence-electron chi connectivity index (χ3n) is 3.90. The molecule has 1 aliphatic heterocycles. The van der Waals surface area contributed by atoms with Crippen molar-refractivity contribution in [2.75, 3.05) is 13.1 Å². The van der Waals surface area contributed by atoms with Gasteiger partial charge >= 0.3 is 0 Å². The second kappa shape index (κ2) is 5.99. The van der Waals surface area contributed by atoms with Crippen LogP contribution in [0.15, 0.2) is 23.6 Å². The predicted molar refractivity (Wildman–Crippen MR) is 81.1 cm³/mol. The molecule has 2 atom stereocenters. The van der Waals surface area contributed by atoms with Crippen LogP contribution in [-0.2, 0) is 17.6 Å². The van der Waals surface area contributed by atoms with E-state index in [0.29, 0.717) is 25.9 Å². The summed E-state index contributed by atoms with van der Waals surface area (Å²) in [6, 6.07) is 5.91. The molecule has 2 N–H and O–H groups in total. The summed E-state index contributed by atoms with van der Waals surface area (Å²) in [5, 5.41) is 19.3. The van der Waals surface area contributed by atoms with Gasteiger partial charge in [-0.05, 0) is 30.9 Å². The predicted octanol–water partition coefficient (Wildman–Crippen LogP) is 1.38. The van der Waals surface area contributed by atoms with E-state index < -0.39 is 6.10 Å². The number of amides is 1. The zero-order chi connectivity index (χ0) is 14.8. The topological polar surface area (TPSA) is 69.2 Å². The Morgan fingerprint density at radius 1 is 1.57 bits per heavy atom. The number of hydrogen-bond acceptors (Lipinski definition) is 4. The number of rotatable bonds is 4. The number of thiophene rings is 1. The lowest BCUT2D eigenvalue weighted by molar-refractivity contribution is -0.129. The molecule has 2 aromatic rings. The Bertz CT molecular complexity index is 608. The largest absolute Gasteiger partial charge is 0.391 e. The van der Waals surface area contributed by atoms with Gasteiger partial charge in [-0.2, -0.15) is 5.10 Å². The van der Waals surface area contributed by atoms with Crippen molar-refractivity contribution in [3.05, 3.63) is 39.8 Å². The van der Waals surface area contributed by atoms with E-state index in [1.165, 1.54) is 0 Å². The first kappa shape index (κ1) is 14.3. The van der Waals surface area contributed by atoms with Crippen LogP contribution in [0.25, 0.3) is 0 Å². The summed E-state index contributed by atoms with van der Waals surface area (Å²) in [7, 11) is 0. The van der Waals surface area contributed by atoms with E-state index in [4.69, 9.17) is 0 Å². The van der Waals surface area contributed by atoms with Crippen molar-refractivity contribution in [1.29, 1.82) is 0 Å². The van der Waals surface area contributed by atoms with Gasteiger partial charge in [0.2, 0.25) is 5.91 Å². The number of aliphatic hydroxyl groups excluding tert-OH is 1. The van der Waals surface area contributed by atoms with Crippen LogP contribution in [0.4, 0.5) is 0 Å². The first-order valence-electron chi connectivity index (χ1n) is 7.11. The second-order valence-corrected chi connectivity index (χ2v) is 6.66. The number of carbonyl (C=O) groups is 1. The van der Waals surface area contributed by atoms with Crippen molar-refractivity contribution < 1.29 is 9.90 Å². The van der Waals surface area contributed by atoms with Gasteiger partial charge < -0.3 is 10.0 Å². The molecule has 5 nitrogen and oxygen atoms in total. The molecule has 112 valence electrons. The van der Waals surface area contributed by atoms with Crippen molar-refractivity contribution in [3.8, 4) is 0 Å². The van der Waals surface area contributed by atoms with Gasteiger partial charge in [-0.1, -0.05) is 6.07 Å². The number of aromatic amines is 1. The van der Waals surface area contributed by atoms with Gasteiger partial charge in [0, 0.05) is 29.6 Å². The number of nitrogens with one attached hydrogen (secondary N) is 1. The minimum Gasteiger partial charge on any atom is -0.391 e. The number of carbonyl (C=O) groups excluding carboxylic acids is 1. The molecule has 3 heterocycles. The van der Waals surface area contributed by atoms with Crippen LogP contribution < -0.4 is 0 Å². The van der Waals surface area contributed by atoms with Crippen LogP contribution in [0.2, 0.25) is 0 Å². The van der Waals surface area contributed by atoms with E-state index in [1.807, 2.05) is 30.5 Å². The van der Waals surface area contributed by atoms with Crippen molar-refractivity contribution >= 4 is 17.2 Å². The smallest absolute Gasteiger partial charge is 0.227 e. The average Bonchev–Trinajstić information content (AvgIpc) is 3.14. The number of H-pyrrole nitrogens is 1. The maximum absolute atomic E-state index is 12.3. The fraction of sp³-hybridized carbons (Fsp3) is 0.467. The van der Waals surface area contributed by atoms with Crippen LogP contribution in [0.5, 0.6) is 0 Å². The molecule has 1 amide bonds. The number of aliphatic hydroxyl groups is 1. The molecule has 2 aromatic heterocycles. The summed E-state index contributed by atoms with van der Waals surface area (Å²) in [6.07, 6.45) is 0.668. The van der Waals surface area contributed by atoms with Gasteiger partial charge in [-0.15, -0.1) is 11.3 Å². The van der Waals surface area contributed by atoms with Crippen LogP contribution >= 0.6 is 11.3 Å². The minimum atomic E-state index is -0.464. The number of likely N-dealkylation sites (tertiary alicyclic amines) is 1. The molecule has 0 bridgehead atoms. The Morgan fingerprint density at radius 3 is 3.10 bits per heavy atom. The number of nitrogens with zero attached hydrogens (tertiary/aromatic N) is 2. The normalized spacial score (nSPS) is 21.9. The van der Waals surface area contributed by atoms with Crippen LogP contribution in [0, 0.1) is 12.8 Å². The van der Waals surface area contributed by atoms with Crippen LogP contribution in [0.1, 0.15) is 16.3 Å². The van der Waals surface area contributed by atoms with Gasteiger partial charge in [0.25, 0.3) is 0 Å². The number of aryl methyl sites for hydroxylation is 1. The maximum atomic E-state index is 12.3.